The molecule has 5 nitrogen and oxygen atoms in total. The van der Waals surface area contributed by atoms with Gasteiger partial charge in [0.25, 0.3) is 5.91 Å². The maximum absolute atomic E-state index is 11.5. The van der Waals surface area contributed by atoms with Crippen LogP contribution in [0.2, 0.25) is 0 Å². The molecule has 1 heterocycles. The summed E-state index contributed by atoms with van der Waals surface area (Å²) in [5.74, 6) is -0.401. The van der Waals surface area contributed by atoms with Gasteiger partial charge < -0.3 is 4.84 Å². The average Bonchev–Trinajstić information content (AvgIpc) is 2.40. The number of hydrogen-bond acceptors (Lipinski definition) is 4. The van der Waals surface area contributed by atoms with Crippen molar-refractivity contribution in [1.82, 2.24) is 5.48 Å². The molecule has 0 fully saturated rings. The molecule has 0 aliphatic carbocycles. The molecule has 0 atom stereocenters. The standard InChI is InChI=1S/C10H10N2O3/c1-14-11-9-8-5-3-2-4-7(8)6-15-12-10(9)13/h2-5H,6H2,1H3,(H,12,13)/b11-9+. The van der Waals surface area contributed by atoms with E-state index in [1.807, 2.05) is 18.2 Å². The number of carbonyl (C=O) groups excluding carboxylic acids is 1. The van der Waals surface area contributed by atoms with Crippen LogP contribution < -0.4 is 5.48 Å². The first-order valence-corrected chi connectivity index (χ1v) is 4.44. The summed E-state index contributed by atoms with van der Waals surface area (Å²) in [6.07, 6.45) is 0. The van der Waals surface area contributed by atoms with Gasteiger partial charge in [0, 0.05) is 5.56 Å². The Kier molecular flexibility index (Phi) is 2.64. The number of hydrogen-bond donors (Lipinski definition) is 1. The van der Waals surface area contributed by atoms with Crippen LogP contribution >= 0.6 is 0 Å². The number of oxime groups is 1. The number of rotatable bonds is 1. The third-order valence-corrected chi connectivity index (χ3v) is 2.06. The maximum atomic E-state index is 11.5. The van der Waals surface area contributed by atoms with E-state index < -0.39 is 5.91 Å². The molecule has 0 unspecified atom stereocenters. The largest absolute Gasteiger partial charge is 0.398 e. The molecule has 0 bridgehead atoms. The van der Waals surface area contributed by atoms with Crippen LogP contribution in [-0.4, -0.2) is 18.7 Å². The van der Waals surface area contributed by atoms with Gasteiger partial charge in [-0.25, -0.2) is 5.48 Å². The molecular weight excluding hydrogens is 196 g/mol. The van der Waals surface area contributed by atoms with Crippen molar-refractivity contribution in [2.75, 3.05) is 7.11 Å². The first-order valence-electron chi connectivity index (χ1n) is 4.44. The zero-order chi connectivity index (χ0) is 10.7. The van der Waals surface area contributed by atoms with Gasteiger partial charge in [0.2, 0.25) is 0 Å². The van der Waals surface area contributed by atoms with Crippen molar-refractivity contribution in [3.05, 3.63) is 35.4 Å². The topological polar surface area (TPSA) is 59.9 Å². The zero-order valence-corrected chi connectivity index (χ0v) is 8.19. The molecule has 0 aromatic heterocycles. The molecule has 15 heavy (non-hydrogen) atoms. The van der Waals surface area contributed by atoms with Crippen molar-refractivity contribution in [1.29, 1.82) is 0 Å². The number of fused-ring (bicyclic) bond motifs is 1. The fourth-order valence-electron chi connectivity index (χ4n) is 1.41. The summed E-state index contributed by atoms with van der Waals surface area (Å²) in [5, 5.41) is 3.69. The van der Waals surface area contributed by atoms with Crippen LogP contribution in [0, 0.1) is 0 Å². The van der Waals surface area contributed by atoms with Crippen LogP contribution in [-0.2, 0) is 21.1 Å². The first-order chi connectivity index (χ1) is 7.33. The molecule has 1 aromatic rings. The second-order valence-corrected chi connectivity index (χ2v) is 3.00. The van der Waals surface area contributed by atoms with Crippen LogP contribution in [0.15, 0.2) is 29.4 Å². The maximum Gasteiger partial charge on any atom is 0.297 e. The van der Waals surface area contributed by atoms with Crippen molar-refractivity contribution >= 4 is 11.6 Å². The highest BCUT2D eigenvalue weighted by Crippen LogP contribution is 2.14. The van der Waals surface area contributed by atoms with Gasteiger partial charge in [-0.1, -0.05) is 29.4 Å². The summed E-state index contributed by atoms with van der Waals surface area (Å²) >= 11 is 0. The molecule has 1 aliphatic rings. The van der Waals surface area contributed by atoms with Gasteiger partial charge in [-0.3, -0.25) is 9.63 Å². The van der Waals surface area contributed by atoms with Gasteiger partial charge in [0.15, 0.2) is 5.71 Å². The van der Waals surface area contributed by atoms with E-state index in [1.54, 1.807) is 6.07 Å². The van der Waals surface area contributed by atoms with Gasteiger partial charge in [0.1, 0.15) is 13.7 Å². The Labute approximate surface area is 86.6 Å². The van der Waals surface area contributed by atoms with E-state index in [0.29, 0.717) is 6.61 Å². The summed E-state index contributed by atoms with van der Waals surface area (Å²) in [7, 11) is 1.40. The Morgan fingerprint density at radius 1 is 1.47 bits per heavy atom. The Balaban J connectivity index is 2.52. The summed E-state index contributed by atoms with van der Waals surface area (Å²) in [6, 6.07) is 7.40. The third-order valence-electron chi connectivity index (χ3n) is 2.06. The van der Waals surface area contributed by atoms with Crippen LogP contribution in [0.5, 0.6) is 0 Å². The lowest BCUT2D eigenvalue weighted by molar-refractivity contribution is -0.127. The first kappa shape index (κ1) is 9.67. The lowest BCUT2D eigenvalue weighted by atomic mass is 10.0. The fourth-order valence-corrected chi connectivity index (χ4v) is 1.41. The summed E-state index contributed by atoms with van der Waals surface area (Å²) in [5.41, 5.74) is 4.13. The van der Waals surface area contributed by atoms with Crippen molar-refractivity contribution < 1.29 is 14.5 Å². The predicted octanol–water partition coefficient (Wildman–Crippen LogP) is 0.598. The van der Waals surface area contributed by atoms with Gasteiger partial charge in [-0.2, -0.15) is 0 Å². The Morgan fingerprint density at radius 2 is 2.27 bits per heavy atom. The molecule has 0 saturated carbocycles. The molecule has 0 spiro atoms. The molecule has 2 rings (SSSR count). The molecule has 1 N–H and O–H groups in total. The summed E-state index contributed by atoms with van der Waals surface area (Å²) < 4.78 is 0. The van der Waals surface area contributed by atoms with Crippen molar-refractivity contribution in [2.24, 2.45) is 5.16 Å². The minimum atomic E-state index is -0.401. The van der Waals surface area contributed by atoms with Crippen molar-refractivity contribution in [3.63, 3.8) is 0 Å². The number of benzene rings is 1. The van der Waals surface area contributed by atoms with E-state index in [9.17, 15) is 4.79 Å². The smallest absolute Gasteiger partial charge is 0.297 e. The highest BCUT2D eigenvalue weighted by Gasteiger charge is 2.21. The minimum absolute atomic E-state index is 0.227. The van der Waals surface area contributed by atoms with Crippen LogP contribution in [0.3, 0.4) is 0 Å². The Morgan fingerprint density at radius 3 is 3.07 bits per heavy atom. The van der Waals surface area contributed by atoms with Gasteiger partial charge in [-0.05, 0) is 5.56 Å². The molecule has 1 amide bonds. The average molecular weight is 206 g/mol. The van der Waals surface area contributed by atoms with Crippen LogP contribution in [0.1, 0.15) is 11.1 Å². The molecule has 0 radical (unpaired) electrons. The SMILES string of the molecule is CO/N=C1/C(=O)NOCc2ccccc21. The van der Waals surface area contributed by atoms with Gasteiger partial charge in [0.05, 0.1) is 0 Å². The molecule has 1 aromatic carbocycles. The van der Waals surface area contributed by atoms with E-state index in [-0.39, 0.29) is 5.71 Å². The highest BCUT2D eigenvalue weighted by molar-refractivity contribution is 6.45. The van der Waals surface area contributed by atoms with Crippen molar-refractivity contribution in [2.45, 2.75) is 6.61 Å². The minimum Gasteiger partial charge on any atom is -0.398 e. The van der Waals surface area contributed by atoms with Crippen molar-refractivity contribution in [3.8, 4) is 0 Å². The summed E-state index contributed by atoms with van der Waals surface area (Å²) in [4.78, 5) is 21.1. The van der Waals surface area contributed by atoms with Gasteiger partial charge in [-0.15, -0.1) is 0 Å². The number of nitrogens with zero attached hydrogens (tertiary/aromatic N) is 1. The monoisotopic (exact) mass is 206 g/mol. The second-order valence-electron chi connectivity index (χ2n) is 3.00. The normalized spacial score (nSPS) is 17.9. The van der Waals surface area contributed by atoms with Gasteiger partial charge >= 0.3 is 0 Å². The summed E-state index contributed by atoms with van der Waals surface area (Å²) in [6.45, 7) is 0.324. The third kappa shape index (κ3) is 1.82. The predicted molar refractivity (Wildman–Crippen MR) is 52.9 cm³/mol. The lowest BCUT2D eigenvalue weighted by Crippen LogP contribution is -2.29. The van der Waals surface area contributed by atoms with E-state index in [0.717, 1.165) is 11.1 Å². The lowest BCUT2D eigenvalue weighted by Gasteiger charge is -2.02. The van der Waals surface area contributed by atoms with E-state index >= 15 is 0 Å². The number of nitrogens with one attached hydrogen (secondary N) is 1. The number of carbonyl (C=O) groups is 1. The number of hydroxylamine groups is 1. The number of amides is 1. The van der Waals surface area contributed by atoms with E-state index in [4.69, 9.17) is 4.84 Å². The van der Waals surface area contributed by atoms with Crippen LogP contribution in [0.25, 0.3) is 0 Å². The molecule has 5 heteroatoms. The zero-order valence-electron chi connectivity index (χ0n) is 8.19. The molecule has 1 aliphatic heterocycles. The van der Waals surface area contributed by atoms with E-state index in [1.165, 1.54) is 7.11 Å². The quantitative estimate of drug-likeness (QED) is 0.684. The Bertz CT molecular complexity index is 415. The second kappa shape index (κ2) is 4.10. The highest BCUT2D eigenvalue weighted by atomic mass is 16.7. The molecule has 78 valence electrons. The Hall–Kier alpha value is -1.88. The van der Waals surface area contributed by atoms with E-state index in [2.05, 4.69) is 15.5 Å². The molecule has 0 saturated heterocycles. The van der Waals surface area contributed by atoms with Crippen LogP contribution in [0.4, 0.5) is 0 Å². The fraction of sp³-hybridized carbons (Fsp3) is 0.200. The molecular formula is C10H10N2O3.